The zero-order chi connectivity index (χ0) is 11.5. The lowest BCUT2D eigenvalue weighted by molar-refractivity contribution is 0.00578. The number of nitriles is 1. The molecule has 0 radical (unpaired) electrons. The number of hydrogen-bond donors (Lipinski definition) is 0. The van der Waals surface area contributed by atoms with Gasteiger partial charge in [-0.15, -0.1) is 0 Å². The van der Waals surface area contributed by atoms with Crippen LogP contribution in [0.5, 0.6) is 0 Å². The minimum absolute atomic E-state index is 0.103. The van der Waals surface area contributed by atoms with E-state index in [1.165, 1.54) is 0 Å². The monoisotopic (exact) mass is 209 g/mol. The Morgan fingerprint density at radius 2 is 1.60 bits per heavy atom. The van der Waals surface area contributed by atoms with Gasteiger partial charge in [0, 0.05) is 6.42 Å². The zero-order valence-electron chi connectivity index (χ0n) is 10.2. The number of unbranched alkanes of at least 4 members (excludes halogenated alkanes) is 2. The van der Waals surface area contributed by atoms with E-state index in [0.29, 0.717) is 6.42 Å². The highest BCUT2D eigenvalue weighted by atomic mass is 16.7. The van der Waals surface area contributed by atoms with Gasteiger partial charge in [0.25, 0.3) is 0 Å². The van der Waals surface area contributed by atoms with Crippen LogP contribution in [0.25, 0.3) is 0 Å². The Hall–Kier alpha value is -0.525. The average Bonchev–Trinajstić information content (AvgIpc) is 2.30. The smallest absolute Gasteiger partial charge is 0.403 e. The summed E-state index contributed by atoms with van der Waals surface area (Å²) in [4.78, 5) is 0. The van der Waals surface area contributed by atoms with Gasteiger partial charge in [0.2, 0.25) is 0 Å². The summed E-state index contributed by atoms with van der Waals surface area (Å²) in [6, 6.07) is 2.14. The van der Waals surface area contributed by atoms with Crippen molar-refractivity contribution < 1.29 is 9.31 Å². The van der Waals surface area contributed by atoms with Gasteiger partial charge in [-0.3, -0.25) is 0 Å². The van der Waals surface area contributed by atoms with Crippen molar-refractivity contribution in [2.24, 2.45) is 0 Å². The van der Waals surface area contributed by atoms with Crippen molar-refractivity contribution in [2.75, 3.05) is 0 Å². The first-order chi connectivity index (χ1) is 6.89. The van der Waals surface area contributed by atoms with E-state index in [1.54, 1.807) is 0 Å². The zero-order valence-corrected chi connectivity index (χ0v) is 10.2. The first-order valence-electron chi connectivity index (χ1n) is 5.62. The molecule has 1 rings (SSSR count). The molecule has 0 bridgehead atoms. The van der Waals surface area contributed by atoms with Gasteiger partial charge in [-0.05, 0) is 40.4 Å². The highest BCUT2D eigenvalue weighted by Crippen LogP contribution is 2.38. The topological polar surface area (TPSA) is 42.2 Å². The first kappa shape index (κ1) is 12.5. The molecule has 0 amide bonds. The van der Waals surface area contributed by atoms with Crippen LogP contribution >= 0.6 is 0 Å². The van der Waals surface area contributed by atoms with Crippen molar-refractivity contribution in [2.45, 2.75) is 64.5 Å². The molecule has 0 aromatic rings. The van der Waals surface area contributed by atoms with Gasteiger partial charge < -0.3 is 9.31 Å². The third-order valence-corrected chi connectivity index (χ3v) is 3.28. The Morgan fingerprint density at radius 1 is 1.07 bits per heavy atom. The summed E-state index contributed by atoms with van der Waals surface area (Å²) in [7, 11) is -0.103. The second kappa shape index (κ2) is 4.55. The quantitative estimate of drug-likeness (QED) is 0.528. The molecule has 0 unspecified atom stereocenters. The van der Waals surface area contributed by atoms with Crippen molar-refractivity contribution in [3.05, 3.63) is 0 Å². The predicted octanol–water partition coefficient (Wildman–Crippen LogP) is 2.77. The normalized spacial score (nSPS) is 22.7. The van der Waals surface area contributed by atoms with Crippen LogP contribution in [0, 0.1) is 11.3 Å². The van der Waals surface area contributed by atoms with E-state index >= 15 is 0 Å². The van der Waals surface area contributed by atoms with E-state index in [9.17, 15) is 0 Å². The second-order valence-corrected chi connectivity index (χ2v) is 5.09. The molecule has 0 N–H and O–H groups in total. The Bertz CT molecular complexity index is 242. The summed E-state index contributed by atoms with van der Waals surface area (Å²) in [5, 5.41) is 8.41. The molecule has 0 aromatic carbocycles. The average molecular weight is 209 g/mol. The maximum atomic E-state index is 8.41. The van der Waals surface area contributed by atoms with Crippen LogP contribution in [0.2, 0.25) is 6.32 Å². The lowest BCUT2D eigenvalue weighted by Crippen LogP contribution is -2.41. The van der Waals surface area contributed by atoms with E-state index < -0.39 is 0 Å². The fraction of sp³-hybridized carbons (Fsp3) is 0.909. The van der Waals surface area contributed by atoms with Crippen LogP contribution in [-0.4, -0.2) is 18.3 Å². The summed E-state index contributed by atoms with van der Waals surface area (Å²) < 4.78 is 11.7. The molecule has 0 aromatic heterocycles. The second-order valence-electron chi connectivity index (χ2n) is 5.09. The number of nitrogens with zero attached hydrogens (tertiary/aromatic N) is 1. The van der Waals surface area contributed by atoms with E-state index in [1.807, 2.05) is 0 Å². The fourth-order valence-electron chi connectivity index (χ4n) is 1.60. The summed E-state index contributed by atoms with van der Waals surface area (Å²) in [6.45, 7) is 8.23. The van der Waals surface area contributed by atoms with Gasteiger partial charge in [0.05, 0.1) is 17.3 Å². The molecule has 0 atom stereocenters. The molecule has 1 aliphatic rings. The first-order valence-corrected chi connectivity index (χ1v) is 5.62. The molecule has 3 nitrogen and oxygen atoms in total. The van der Waals surface area contributed by atoms with E-state index in [4.69, 9.17) is 14.6 Å². The number of rotatable bonds is 4. The lowest BCUT2D eigenvalue weighted by atomic mass is 9.82. The van der Waals surface area contributed by atoms with Crippen molar-refractivity contribution >= 4 is 7.12 Å². The maximum Gasteiger partial charge on any atom is 0.457 e. The Balaban J connectivity index is 2.33. The standard InChI is InChI=1S/C11H20BNO2/c1-10(2)11(3,4)15-12(14-10)8-6-5-7-9-13/h5-8H2,1-4H3. The van der Waals surface area contributed by atoms with Crippen LogP contribution in [0.1, 0.15) is 47.0 Å². The van der Waals surface area contributed by atoms with Crippen molar-refractivity contribution in [3.63, 3.8) is 0 Å². The van der Waals surface area contributed by atoms with Gasteiger partial charge in [-0.25, -0.2) is 0 Å². The Morgan fingerprint density at radius 3 is 2.07 bits per heavy atom. The van der Waals surface area contributed by atoms with Crippen molar-refractivity contribution in [3.8, 4) is 6.07 Å². The van der Waals surface area contributed by atoms with E-state index in [0.717, 1.165) is 19.2 Å². The van der Waals surface area contributed by atoms with Gasteiger partial charge in [-0.1, -0.05) is 6.42 Å². The van der Waals surface area contributed by atoms with Gasteiger partial charge >= 0.3 is 7.12 Å². The van der Waals surface area contributed by atoms with Crippen LogP contribution < -0.4 is 0 Å². The lowest BCUT2D eigenvalue weighted by Gasteiger charge is -2.32. The van der Waals surface area contributed by atoms with Crippen LogP contribution in [-0.2, 0) is 9.31 Å². The van der Waals surface area contributed by atoms with Crippen molar-refractivity contribution in [1.29, 1.82) is 5.26 Å². The highest BCUT2D eigenvalue weighted by Gasteiger charge is 2.50. The predicted molar refractivity (Wildman–Crippen MR) is 60.4 cm³/mol. The molecule has 4 heteroatoms. The molecule has 1 aliphatic heterocycles. The maximum absolute atomic E-state index is 8.41. The molecule has 0 aliphatic carbocycles. The van der Waals surface area contributed by atoms with Crippen LogP contribution in [0.4, 0.5) is 0 Å². The fourth-order valence-corrected chi connectivity index (χ4v) is 1.60. The van der Waals surface area contributed by atoms with E-state index in [2.05, 4.69) is 33.8 Å². The largest absolute Gasteiger partial charge is 0.457 e. The molecule has 84 valence electrons. The minimum atomic E-state index is -0.229. The van der Waals surface area contributed by atoms with Crippen LogP contribution in [0.3, 0.4) is 0 Å². The third-order valence-electron chi connectivity index (χ3n) is 3.28. The van der Waals surface area contributed by atoms with Gasteiger partial charge in [0.1, 0.15) is 0 Å². The van der Waals surface area contributed by atoms with Gasteiger partial charge in [-0.2, -0.15) is 5.26 Å². The summed E-state index contributed by atoms with van der Waals surface area (Å²) in [5.41, 5.74) is -0.459. The highest BCUT2D eigenvalue weighted by molar-refractivity contribution is 6.45. The summed E-state index contributed by atoms with van der Waals surface area (Å²) in [5.74, 6) is 0. The summed E-state index contributed by atoms with van der Waals surface area (Å²) >= 11 is 0. The Kier molecular flexibility index (Phi) is 3.80. The number of hydrogen-bond acceptors (Lipinski definition) is 3. The molecular formula is C11H20BNO2. The minimum Gasteiger partial charge on any atom is -0.403 e. The van der Waals surface area contributed by atoms with Gasteiger partial charge in [0.15, 0.2) is 0 Å². The molecule has 0 spiro atoms. The molecule has 0 saturated carbocycles. The molecule has 15 heavy (non-hydrogen) atoms. The molecule has 1 heterocycles. The SMILES string of the molecule is CC1(C)OB(CCCCC#N)OC1(C)C. The third kappa shape index (κ3) is 2.96. The summed E-state index contributed by atoms with van der Waals surface area (Å²) in [6.07, 6.45) is 3.43. The molecule has 1 fully saturated rings. The van der Waals surface area contributed by atoms with E-state index in [-0.39, 0.29) is 18.3 Å². The Labute approximate surface area is 92.9 Å². The van der Waals surface area contributed by atoms with Crippen LogP contribution in [0.15, 0.2) is 0 Å². The van der Waals surface area contributed by atoms with Crippen molar-refractivity contribution in [1.82, 2.24) is 0 Å². The molecule has 1 saturated heterocycles. The molecular weight excluding hydrogens is 189 g/mol.